The van der Waals surface area contributed by atoms with E-state index in [1.807, 2.05) is 12.1 Å². The minimum absolute atomic E-state index is 0.187. The second-order valence-corrected chi connectivity index (χ2v) is 6.73. The molecule has 2 N–H and O–H groups in total. The largest absolute Gasteiger partial charge is 0.476 e. The van der Waals surface area contributed by atoms with Crippen LogP contribution >= 0.6 is 0 Å². The van der Waals surface area contributed by atoms with E-state index in [2.05, 4.69) is 24.3 Å². The van der Waals surface area contributed by atoms with Gasteiger partial charge in [-0.25, -0.2) is 13.9 Å². The van der Waals surface area contributed by atoms with Crippen LogP contribution in [-0.4, -0.2) is 26.8 Å². The molecular weight excluding hydrogens is 361 g/mol. The van der Waals surface area contributed by atoms with Crippen molar-refractivity contribution in [1.82, 2.24) is 9.78 Å². The number of carboxylic acid groups (broad SMARTS) is 1. The third-order valence-electron chi connectivity index (χ3n) is 4.33. The number of rotatable bonds is 6. The van der Waals surface area contributed by atoms with Crippen LogP contribution in [0.15, 0.2) is 54.6 Å². The highest BCUT2D eigenvalue weighted by molar-refractivity contribution is 6.04. The Morgan fingerprint density at radius 1 is 1.11 bits per heavy atom. The minimum atomic E-state index is -1.20. The summed E-state index contributed by atoms with van der Waals surface area (Å²) >= 11 is 0. The van der Waals surface area contributed by atoms with Gasteiger partial charge in [-0.1, -0.05) is 38.1 Å². The number of anilines is 1. The number of aromatic nitrogens is 2. The van der Waals surface area contributed by atoms with Crippen molar-refractivity contribution in [3.8, 4) is 0 Å². The van der Waals surface area contributed by atoms with Gasteiger partial charge in [0, 0.05) is 11.6 Å². The molecule has 3 rings (SSSR count). The van der Waals surface area contributed by atoms with Crippen LogP contribution in [0.25, 0.3) is 0 Å². The Kier molecular flexibility index (Phi) is 5.54. The van der Waals surface area contributed by atoms with Crippen molar-refractivity contribution in [3.05, 3.63) is 82.8 Å². The van der Waals surface area contributed by atoms with Gasteiger partial charge < -0.3 is 10.4 Å². The Bertz CT molecular complexity index is 993. The number of nitrogens with one attached hydrogen (secondary N) is 1. The summed E-state index contributed by atoms with van der Waals surface area (Å²) in [5, 5.41) is 15.9. The third kappa shape index (κ3) is 4.43. The van der Waals surface area contributed by atoms with Gasteiger partial charge in [0.2, 0.25) is 0 Å². The van der Waals surface area contributed by atoms with Crippen molar-refractivity contribution in [3.63, 3.8) is 0 Å². The lowest BCUT2D eigenvalue weighted by molar-refractivity contribution is 0.0689. The van der Waals surface area contributed by atoms with E-state index < -0.39 is 5.97 Å². The van der Waals surface area contributed by atoms with Gasteiger partial charge in [0.25, 0.3) is 5.91 Å². The molecule has 144 valence electrons. The Hall–Kier alpha value is -3.48. The van der Waals surface area contributed by atoms with Crippen molar-refractivity contribution < 1.29 is 19.1 Å². The molecule has 0 saturated carbocycles. The molecule has 0 spiro atoms. The first-order chi connectivity index (χ1) is 13.3. The summed E-state index contributed by atoms with van der Waals surface area (Å²) in [6.07, 6.45) is 0. The normalized spacial score (nSPS) is 10.9. The van der Waals surface area contributed by atoms with Crippen LogP contribution in [-0.2, 0) is 6.54 Å². The molecule has 0 radical (unpaired) electrons. The van der Waals surface area contributed by atoms with Gasteiger partial charge in [0.15, 0.2) is 5.69 Å². The van der Waals surface area contributed by atoms with Crippen LogP contribution in [0, 0.1) is 5.82 Å². The number of carbonyl (C=O) groups excluding carboxylic acids is 1. The number of halogens is 1. The van der Waals surface area contributed by atoms with Crippen molar-refractivity contribution in [2.75, 3.05) is 5.32 Å². The Morgan fingerprint density at radius 2 is 1.75 bits per heavy atom. The molecule has 0 bridgehead atoms. The summed E-state index contributed by atoms with van der Waals surface area (Å²) < 4.78 is 14.5. The number of nitrogens with zero attached hydrogens (tertiary/aromatic N) is 2. The number of hydrogen-bond donors (Lipinski definition) is 2. The van der Waals surface area contributed by atoms with E-state index in [1.165, 1.54) is 22.9 Å². The fourth-order valence-electron chi connectivity index (χ4n) is 2.71. The lowest BCUT2D eigenvalue weighted by Gasteiger charge is -2.10. The molecular formula is C21H20FN3O3. The van der Waals surface area contributed by atoms with E-state index in [4.69, 9.17) is 0 Å². The summed E-state index contributed by atoms with van der Waals surface area (Å²) in [5.41, 5.74) is 2.10. The van der Waals surface area contributed by atoms with Crippen LogP contribution < -0.4 is 5.32 Å². The third-order valence-corrected chi connectivity index (χ3v) is 4.33. The topological polar surface area (TPSA) is 84.2 Å². The highest BCUT2D eigenvalue weighted by Crippen LogP contribution is 2.18. The summed E-state index contributed by atoms with van der Waals surface area (Å²) in [6, 6.07) is 14.3. The molecule has 0 atom stereocenters. The maximum atomic E-state index is 13.1. The average molecular weight is 381 g/mol. The van der Waals surface area contributed by atoms with E-state index in [1.54, 1.807) is 24.3 Å². The molecule has 6 nitrogen and oxygen atoms in total. The molecule has 0 unspecified atom stereocenters. The number of benzene rings is 2. The summed E-state index contributed by atoms with van der Waals surface area (Å²) in [4.78, 5) is 23.9. The summed E-state index contributed by atoms with van der Waals surface area (Å²) in [5.74, 6) is -1.33. The molecule has 0 aliphatic carbocycles. The molecule has 28 heavy (non-hydrogen) atoms. The molecule has 0 aliphatic heterocycles. The maximum absolute atomic E-state index is 13.1. The molecule has 1 heterocycles. The molecule has 0 saturated heterocycles. The Morgan fingerprint density at radius 3 is 2.32 bits per heavy atom. The number of carbonyl (C=O) groups is 2. The summed E-state index contributed by atoms with van der Waals surface area (Å²) in [6.45, 7) is 4.32. The van der Waals surface area contributed by atoms with E-state index >= 15 is 0 Å². The first-order valence-electron chi connectivity index (χ1n) is 8.80. The molecule has 1 aromatic heterocycles. The lowest BCUT2D eigenvalue weighted by Crippen LogP contribution is -2.16. The van der Waals surface area contributed by atoms with Gasteiger partial charge in [0.1, 0.15) is 11.6 Å². The predicted octanol–water partition coefficient (Wildman–Crippen LogP) is 4.14. The van der Waals surface area contributed by atoms with Crippen molar-refractivity contribution >= 4 is 17.7 Å². The number of aromatic carboxylic acids is 1. The second kappa shape index (κ2) is 8.04. The van der Waals surface area contributed by atoms with Crippen LogP contribution in [0.2, 0.25) is 0 Å². The first kappa shape index (κ1) is 19.3. The van der Waals surface area contributed by atoms with Crippen LogP contribution in [0.4, 0.5) is 10.2 Å². The van der Waals surface area contributed by atoms with E-state index in [9.17, 15) is 19.1 Å². The Labute approximate surface area is 161 Å². The van der Waals surface area contributed by atoms with E-state index in [0.29, 0.717) is 11.5 Å². The van der Waals surface area contributed by atoms with E-state index in [-0.39, 0.29) is 29.8 Å². The molecule has 0 fully saturated rings. The van der Waals surface area contributed by atoms with Gasteiger partial charge in [-0.2, -0.15) is 5.10 Å². The van der Waals surface area contributed by atoms with Crippen LogP contribution in [0.5, 0.6) is 0 Å². The molecule has 1 amide bonds. The van der Waals surface area contributed by atoms with Crippen molar-refractivity contribution in [1.29, 1.82) is 0 Å². The zero-order valence-corrected chi connectivity index (χ0v) is 15.5. The zero-order valence-electron chi connectivity index (χ0n) is 15.5. The highest BCUT2D eigenvalue weighted by atomic mass is 19.1. The van der Waals surface area contributed by atoms with Crippen LogP contribution in [0.1, 0.15) is 51.7 Å². The lowest BCUT2D eigenvalue weighted by atomic mass is 10.0. The van der Waals surface area contributed by atoms with Crippen LogP contribution in [0.3, 0.4) is 0 Å². The van der Waals surface area contributed by atoms with Gasteiger partial charge >= 0.3 is 5.97 Å². The Balaban J connectivity index is 1.84. The summed E-state index contributed by atoms with van der Waals surface area (Å²) in [7, 11) is 0. The number of carboxylic acids is 1. The molecule has 7 heteroatoms. The number of amides is 1. The number of hydrogen-bond acceptors (Lipinski definition) is 3. The van der Waals surface area contributed by atoms with Crippen molar-refractivity contribution in [2.45, 2.75) is 26.3 Å². The second-order valence-electron chi connectivity index (χ2n) is 6.73. The highest BCUT2D eigenvalue weighted by Gasteiger charge is 2.16. The molecule has 3 aromatic rings. The average Bonchev–Trinajstić information content (AvgIpc) is 3.06. The van der Waals surface area contributed by atoms with Crippen molar-refractivity contribution in [2.24, 2.45) is 0 Å². The SMILES string of the molecule is CC(C)c1ccc(C(=O)Nc2cc(C(=O)O)nn2Cc2ccc(F)cc2)cc1. The standard InChI is InChI=1S/C21H20FN3O3/c1-13(2)15-5-7-16(8-6-15)20(26)23-19-11-18(21(27)28)24-25(19)12-14-3-9-17(22)10-4-14/h3-11,13H,12H2,1-2H3,(H,23,26)(H,27,28). The monoisotopic (exact) mass is 381 g/mol. The molecule has 0 aliphatic rings. The maximum Gasteiger partial charge on any atom is 0.356 e. The predicted molar refractivity (Wildman–Crippen MR) is 103 cm³/mol. The fourth-order valence-corrected chi connectivity index (χ4v) is 2.71. The van der Waals surface area contributed by atoms with Gasteiger partial charge in [0.05, 0.1) is 6.54 Å². The smallest absolute Gasteiger partial charge is 0.356 e. The molecule has 2 aromatic carbocycles. The fraction of sp³-hybridized carbons (Fsp3) is 0.190. The van der Waals surface area contributed by atoms with Gasteiger partial charge in [-0.15, -0.1) is 0 Å². The van der Waals surface area contributed by atoms with Gasteiger partial charge in [-0.05, 0) is 41.3 Å². The van der Waals surface area contributed by atoms with Gasteiger partial charge in [-0.3, -0.25) is 4.79 Å². The van der Waals surface area contributed by atoms with E-state index in [0.717, 1.165) is 11.1 Å². The minimum Gasteiger partial charge on any atom is -0.476 e. The first-order valence-corrected chi connectivity index (χ1v) is 8.80. The quantitative estimate of drug-likeness (QED) is 0.672. The zero-order chi connectivity index (χ0) is 20.3.